The molecular weight excluding hydrogens is 332 g/mol. The zero-order valence-electron chi connectivity index (χ0n) is 15.8. The predicted octanol–water partition coefficient (Wildman–Crippen LogP) is 5.86. The third-order valence-corrected chi connectivity index (χ3v) is 5.03. The minimum atomic E-state index is -0.0322. The number of hydrogen-bond donors (Lipinski definition) is 0. The summed E-state index contributed by atoms with van der Waals surface area (Å²) in [6.07, 6.45) is 1.47. The van der Waals surface area contributed by atoms with E-state index in [9.17, 15) is 9.59 Å². The monoisotopic (exact) mass is 356 g/mol. The minimum absolute atomic E-state index is 0.0322. The van der Waals surface area contributed by atoms with Gasteiger partial charge in [0.15, 0.2) is 11.6 Å². The van der Waals surface area contributed by atoms with E-state index in [1.54, 1.807) is 36.4 Å². The van der Waals surface area contributed by atoms with Gasteiger partial charge in [-0.15, -0.1) is 0 Å². The minimum Gasteiger partial charge on any atom is -0.294 e. The molecule has 0 aliphatic rings. The SMILES string of the molecule is CCC(C)c1ccc(CC(=O)c2ccc(C(=O)c3ccccc3)cc2)cc1. The van der Waals surface area contributed by atoms with Gasteiger partial charge in [0.2, 0.25) is 0 Å². The van der Waals surface area contributed by atoms with Gasteiger partial charge in [-0.1, -0.05) is 92.7 Å². The number of ketones is 2. The first-order valence-electron chi connectivity index (χ1n) is 9.40. The molecule has 1 atom stereocenters. The fourth-order valence-corrected chi connectivity index (χ4v) is 3.05. The Balaban J connectivity index is 1.68. The molecule has 0 N–H and O–H groups in total. The van der Waals surface area contributed by atoms with Crippen molar-refractivity contribution in [1.29, 1.82) is 0 Å². The summed E-state index contributed by atoms with van der Waals surface area (Å²) in [5.41, 5.74) is 4.19. The summed E-state index contributed by atoms with van der Waals surface area (Å²) in [5.74, 6) is 0.560. The highest BCUT2D eigenvalue weighted by molar-refractivity contribution is 6.09. The molecule has 0 aliphatic carbocycles. The fraction of sp³-hybridized carbons (Fsp3) is 0.200. The summed E-state index contributed by atoms with van der Waals surface area (Å²) < 4.78 is 0. The van der Waals surface area contributed by atoms with E-state index in [1.165, 1.54) is 5.56 Å². The van der Waals surface area contributed by atoms with Gasteiger partial charge in [-0.25, -0.2) is 0 Å². The molecule has 0 saturated carbocycles. The summed E-state index contributed by atoms with van der Waals surface area (Å²) in [6.45, 7) is 4.38. The van der Waals surface area contributed by atoms with Crippen LogP contribution in [0.4, 0.5) is 0 Å². The lowest BCUT2D eigenvalue weighted by molar-refractivity contribution is 0.0990. The molecule has 0 saturated heterocycles. The first-order chi connectivity index (χ1) is 13.1. The van der Waals surface area contributed by atoms with Crippen molar-refractivity contribution in [2.75, 3.05) is 0 Å². The van der Waals surface area contributed by atoms with Crippen LogP contribution in [0.5, 0.6) is 0 Å². The van der Waals surface area contributed by atoms with Gasteiger partial charge >= 0.3 is 0 Å². The summed E-state index contributed by atoms with van der Waals surface area (Å²) in [5, 5.41) is 0. The molecule has 0 aliphatic heterocycles. The third-order valence-electron chi connectivity index (χ3n) is 5.03. The molecule has 0 amide bonds. The quantitative estimate of drug-likeness (QED) is 0.497. The topological polar surface area (TPSA) is 34.1 Å². The van der Waals surface area contributed by atoms with Crippen LogP contribution in [0.1, 0.15) is 63.6 Å². The van der Waals surface area contributed by atoms with Crippen molar-refractivity contribution >= 4 is 11.6 Å². The zero-order valence-corrected chi connectivity index (χ0v) is 15.8. The molecule has 136 valence electrons. The van der Waals surface area contributed by atoms with Gasteiger partial charge in [-0.05, 0) is 23.5 Å². The van der Waals surface area contributed by atoms with Gasteiger partial charge in [0.05, 0.1) is 0 Å². The van der Waals surface area contributed by atoms with Gasteiger partial charge in [-0.2, -0.15) is 0 Å². The Bertz CT molecular complexity index is 907. The van der Waals surface area contributed by atoms with Crippen molar-refractivity contribution in [2.45, 2.75) is 32.6 Å². The molecule has 0 spiro atoms. The van der Waals surface area contributed by atoms with E-state index >= 15 is 0 Å². The number of Topliss-reactive ketones (excluding diaryl/α,β-unsaturated/α-hetero) is 1. The first kappa shape index (κ1) is 18.8. The number of rotatable bonds is 7. The Labute approximate surface area is 160 Å². The van der Waals surface area contributed by atoms with Gasteiger partial charge in [-0.3, -0.25) is 9.59 Å². The molecule has 3 aromatic carbocycles. The highest BCUT2D eigenvalue weighted by Gasteiger charge is 2.11. The molecule has 0 aromatic heterocycles. The molecule has 3 rings (SSSR count). The van der Waals surface area contributed by atoms with Crippen molar-refractivity contribution in [3.63, 3.8) is 0 Å². The van der Waals surface area contributed by atoms with Crippen molar-refractivity contribution in [1.82, 2.24) is 0 Å². The second-order valence-electron chi connectivity index (χ2n) is 6.92. The third kappa shape index (κ3) is 4.59. The molecule has 0 fully saturated rings. The van der Waals surface area contributed by atoms with E-state index in [1.807, 2.05) is 30.3 Å². The summed E-state index contributed by atoms with van der Waals surface area (Å²) >= 11 is 0. The Morgan fingerprint density at radius 3 is 1.89 bits per heavy atom. The van der Waals surface area contributed by atoms with Crippen LogP contribution < -0.4 is 0 Å². The van der Waals surface area contributed by atoms with E-state index in [2.05, 4.69) is 26.0 Å². The molecule has 0 heterocycles. The van der Waals surface area contributed by atoms with E-state index in [0.717, 1.165) is 12.0 Å². The molecule has 1 unspecified atom stereocenters. The molecule has 2 nitrogen and oxygen atoms in total. The zero-order chi connectivity index (χ0) is 19.2. The van der Waals surface area contributed by atoms with Crippen molar-refractivity contribution < 1.29 is 9.59 Å². The van der Waals surface area contributed by atoms with E-state index in [0.29, 0.717) is 29.0 Å². The summed E-state index contributed by atoms with van der Waals surface area (Å²) in [7, 11) is 0. The maximum Gasteiger partial charge on any atom is 0.193 e. The molecule has 3 aromatic rings. The van der Waals surface area contributed by atoms with Crippen LogP contribution in [0.25, 0.3) is 0 Å². The Kier molecular flexibility index (Phi) is 5.97. The largest absolute Gasteiger partial charge is 0.294 e. The van der Waals surface area contributed by atoms with Crippen molar-refractivity contribution in [3.8, 4) is 0 Å². The maximum absolute atomic E-state index is 12.6. The first-order valence-corrected chi connectivity index (χ1v) is 9.40. The molecular formula is C25H24O2. The lowest BCUT2D eigenvalue weighted by Gasteiger charge is -2.09. The van der Waals surface area contributed by atoms with Gasteiger partial charge in [0.1, 0.15) is 0 Å². The lowest BCUT2D eigenvalue weighted by Crippen LogP contribution is -2.06. The van der Waals surface area contributed by atoms with Gasteiger partial charge in [0.25, 0.3) is 0 Å². The van der Waals surface area contributed by atoms with E-state index in [4.69, 9.17) is 0 Å². The maximum atomic E-state index is 12.6. The number of hydrogen-bond acceptors (Lipinski definition) is 2. The summed E-state index contributed by atoms with van der Waals surface area (Å²) in [6, 6.07) is 24.4. The van der Waals surface area contributed by atoms with Crippen LogP contribution in [0.2, 0.25) is 0 Å². The Morgan fingerprint density at radius 2 is 1.30 bits per heavy atom. The standard InChI is InChI=1S/C25H24O2/c1-3-18(2)20-11-9-19(10-12-20)17-24(26)21-13-15-23(16-14-21)25(27)22-7-5-4-6-8-22/h4-16,18H,3,17H2,1-2H3. The number of benzene rings is 3. The average molecular weight is 356 g/mol. The number of carbonyl (C=O) groups is 2. The van der Waals surface area contributed by atoms with E-state index < -0.39 is 0 Å². The van der Waals surface area contributed by atoms with Crippen LogP contribution in [0, 0.1) is 0 Å². The molecule has 27 heavy (non-hydrogen) atoms. The van der Waals surface area contributed by atoms with Crippen LogP contribution in [-0.2, 0) is 6.42 Å². The van der Waals surface area contributed by atoms with Gasteiger partial charge in [0, 0.05) is 23.1 Å². The Hall–Kier alpha value is -3.00. The lowest BCUT2D eigenvalue weighted by atomic mass is 9.95. The van der Waals surface area contributed by atoms with Crippen molar-refractivity contribution in [2.24, 2.45) is 0 Å². The molecule has 0 bridgehead atoms. The van der Waals surface area contributed by atoms with Crippen molar-refractivity contribution in [3.05, 3.63) is 107 Å². The van der Waals surface area contributed by atoms with Crippen LogP contribution in [0.3, 0.4) is 0 Å². The van der Waals surface area contributed by atoms with Crippen LogP contribution >= 0.6 is 0 Å². The average Bonchev–Trinajstić information content (AvgIpc) is 2.74. The highest BCUT2D eigenvalue weighted by atomic mass is 16.1. The smallest absolute Gasteiger partial charge is 0.193 e. The normalized spacial score (nSPS) is 11.8. The highest BCUT2D eigenvalue weighted by Crippen LogP contribution is 2.19. The van der Waals surface area contributed by atoms with E-state index in [-0.39, 0.29) is 11.6 Å². The second-order valence-corrected chi connectivity index (χ2v) is 6.92. The van der Waals surface area contributed by atoms with Gasteiger partial charge < -0.3 is 0 Å². The summed E-state index contributed by atoms with van der Waals surface area (Å²) in [4.78, 5) is 25.0. The molecule has 2 heteroatoms. The number of carbonyl (C=O) groups excluding carboxylic acids is 2. The second kappa shape index (κ2) is 8.59. The molecule has 0 radical (unpaired) electrons. The Morgan fingerprint density at radius 1 is 0.741 bits per heavy atom. The van der Waals surface area contributed by atoms with Crippen LogP contribution in [0.15, 0.2) is 78.9 Å². The fourth-order valence-electron chi connectivity index (χ4n) is 3.05. The van der Waals surface area contributed by atoms with Crippen LogP contribution in [-0.4, -0.2) is 11.6 Å². The predicted molar refractivity (Wildman–Crippen MR) is 109 cm³/mol.